The first kappa shape index (κ1) is 25.9. The zero-order valence-electron chi connectivity index (χ0n) is 17.5. The number of nitrogens with zero attached hydrogens (tertiary/aromatic N) is 1. The van der Waals surface area contributed by atoms with E-state index in [9.17, 15) is 34.5 Å². The molecule has 0 aromatic carbocycles. The number of carboxylic acids is 4. The van der Waals surface area contributed by atoms with Gasteiger partial charge in [-0.25, -0.2) is 0 Å². The highest BCUT2D eigenvalue weighted by Gasteiger charge is 2.23. The van der Waals surface area contributed by atoms with Crippen LogP contribution in [0.4, 0.5) is 0 Å². The van der Waals surface area contributed by atoms with E-state index in [0.717, 1.165) is 12.8 Å². The molecule has 1 aliphatic heterocycles. The van der Waals surface area contributed by atoms with Crippen molar-refractivity contribution in [3.8, 4) is 0 Å². The molecule has 3 unspecified atom stereocenters. The number of carbonyl (C=O) groups is 4. The zero-order valence-corrected chi connectivity index (χ0v) is 17.5. The summed E-state index contributed by atoms with van der Waals surface area (Å²) in [6.07, 6.45) is 5.18. The van der Waals surface area contributed by atoms with Gasteiger partial charge < -0.3 is 20.4 Å². The van der Waals surface area contributed by atoms with Gasteiger partial charge in [0.05, 0.1) is 6.54 Å². The molecule has 9 heteroatoms. The van der Waals surface area contributed by atoms with Gasteiger partial charge in [-0.1, -0.05) is 6.42 Å². The predicted octanol–water partition coefficient (Wildman–Crippen LogP) is 2.78. The quantitative estimate of drug-likeness (QED) is 0.456. The molecule has 172 valence electrons. The van der Waals surface area contributed by atoms with Crippen LogP contribution in [0, 0.1) is 17.8 Å². The van der Waals surface area contributed by atoms with E-state index < -0.39 is 23.9 Å². The van der Waals surface area contributed by atoms with E-state index in [-0.39, 0.29) is 43.6 Å². The van der Waals surface area contributed by atoms with Gasteiger partial charge in [-0.3, -0.25) is 24.1 Å². The van der Waals surface area contributed by atoms with Crippen LogP contribution in [0.1, 0.15) is 70.6 Å². The second kappa shape index (κ2) is 14.0. The van der Waals surface area contributed by atoms with Crippen LogP contribution in [-0.2, 0) is 19.2 Å². The molecule has 0 aliphatic carbocycles. The third-order valence-corrected chi connectivity index (χ3v) is 5.91. The van der Waals surface area contributed by atoms with Crippen molar-refractivity contribution in [1.29, 1.82) is 0 Å². The molecule has 0 spiro atoms. The number of aliphatic carboxylic acids is 4. The molecule has 1 saturated heterocycles. The molecule has 30 heavy (non-hydrogen) atoms. The molecule has 1 aliphatic rings. The van der Waals surface area contributed by atoms with E-state index in [1.165, 1.54) is 0 Å². The summed E-state index contributed by atoms with van der Waals surface area (Å²) in [5.74, 6) is -3.92. The minimum absolute atomic E-state index is 0.00920. The first-order valence-corrected chi connectivity index (χ1v) is 10.7. The van der Waals surface area contributed by atoms with Gasteiger partial charge >= 0.3 is 23.9 Å². The molecule has 4 N–H and O–H groups in total. The topological polar surface area (TPSA) is 152 Å². The summed E-state index contributed by atoms with van der Waals surface area (Å²) in [4.78, 5) is 46.7. The van der Waals surface area contributed by atoms with Crippen molar-refractivity contribution in [2.75, 3.05) is 19.6 Å². The molecule has 0 aromatic heterocycles. The molecule has 9 nitrogen and oxygen atoms in total. The molecule has 0 radical (unpaired) electrons. The van der Waals surface area contributed by atoms with Crippen molar-refractivity contribution in [1.82, 2.24) is 4.90 Å². The zero-order chi connectivity index (χ0) is 22.5. The van der Waals surface area contributed by atoms with Crippen LogP contribution in [0.2, 0.25) is 0 Å². The average Bonchev–Trinajstić information content (AvgIpc) is 2.61. The second-order valence-corrected chi connectivity index (χ2v) is 8.50. The Kier molecular flexibility index (Phi) is 12.0. The lowest BCUT2D eigenvalue weighted by atomic mass is 9.83. The first-order chi connectivity index (χ1) is 14.2. The Morgan fingerprint density at radius 2 is 1.00 bits per heavy atom. The largest absolute Gasteiger partial charge is 0.481 e. The van der Waals surface area contributed by atoms with Gasteiger partial charge in [-0.05, 0) is 75.8 Å². The van der Waals surface area contributed by atoms with Crippen LogP contribution in [0.3, 0.4) is 0 Å². The summed E-state index contributed by atoms with van der Waals surface area (Å²) < 4.78 is 0. The van der Waals surface area contributed by atoms with Crippen LogP contribution in [0.5, 0.6) is 0 Å². The van der Waals surface area contributed by atoms with E-state index in [2.05, 4.69) is 0 Å². The van der Waals surface area contributed by atoms with Crippen molar-refractivity contribution < 1.29 is 39.6 Å². The van der Waals surface area contributed by atoms with Crippen LogP contribution in [0.15, 0.2) is 0 Å². The highest BCUT2D eigenvalue weighted by molar-refractivity contribution is 5.69. The van der Waals surface area contributed by atoms with Gasteiger partial charge in [0, 0.05) is 19.3 Å². The van der Waals surface area contributed by atoms with Gasteiger partial charge in [0.1, 0.15) is 0 Å². The predicted molar refractivity (Wildman–Crippen MR) is 108 cm³/mol. The molecule has 1 heterocycles. The van der Waals surface area contributed by atoms with Crippen LogP contribution in [0.25, 0.3) is 0 Å². The Labute approximate surface area is 177 Å². The summed E-state index contributed by atoms with van der Waals surface area (Å²) >= 11 is 0. The number of carboxylic acid groups (broad SMARTS) is 4. The third kappa shape index (κ3) is 12.4. The molecule has 0 amide bonds. The Morgan fingerprint density at radius 1 is 0.567 bits per heavy atom. The lowest BCUT2D eigenvalue weighted by molar-refractivity contribution is -0.140. The van der Waals surface area contributed by atoms with Gasteiger partial charge in [-0.15, -0.1) is 0 Å². The van der Waals surface area contributed by atoms with Crippen molar-refractivity contribution >= 4 is 23.9 Å². The Balaban J connectivity index is 2.91. The normalized spacial score (nSPS) is 25.1. The van der Waals surface area contributed by atoms with Crippen molar-refractivity contribution in [2.45, 2.75) is 70.6 Å². The van der Waals surface area contributed by atoms with Crippen LogP contribution >= 0.6 is 0 Å². The van der Waals surface area contributed by atoms with Gasteiger partial charge in [0.25, 0.3) is 0 Å². The molecule has 0 aromatic rings. The minimum atomic E-state index is -0.934. The maximum absolute atomic E-state index is 11.3. The minimum Gasteiger partial charge on any atom is -0.481 e. The van der Waals surface area contributed by atoms with E-state index in [0.29, 0.717) is 51.6 Å². The fourth-order valence-corrected chi connectivity index (χ4v) is 4.32. The highest BCUT2D eigenvalue weighted by Crippen LogP contribution is 2.29. The summed E-state index contributed by atoms with van der Waals surface area (Å²) in [5, 5.41) is 36.8. The summed E-state index contributed by atoms with van der Waals surface area (Å²) in [5.41, 5.74) is 0. The van der Waals surface area contributed by atoms with Crippen molar-refractivity contribution in [3.05, 3.63) is 0 Å². The van der Waals surface area contributed by atoms with Gasteiger partial charge in [-0.2, -0.15) is 0 Å². The molecule has 1 rings (SSSR count). The molecule has 0 bridgehead atoms. The smallest absolute Gasteiger partial charge is 0.317 e. The van der Waals surface area contributed by atoms with Gasteiger partial charge in [0.15, 0.2) is 0 Å². The third-order valence-electron chi connectivity index (χ3n) is 5.91. The number of hydrogen-bond donors (Lipinski definition) is 4. The number of rotatable bonds is 8. The molecule has 3 atom stereocenters. The average molecular weight is 430 g/mol. The Bertz CT molecular complexity index is 529. The Hall–Kier alpha value is -2.16. The lowest BCUT2D eigenvalue weighted by Gasteiger charge is -2.26. The SMILES string of the molecule is O=C(O)CC1CCCCN(CC(=O)O)CCC(CC(=O)O)CCC(CC(=O)O)CC1. The first-order valence-electron chi connectivity index (χ1n) is 10.7. The van der Waals surface area contributed by atoms with Crippen molar-refractivity contribution in [2.24, 2.45) is 17.8 Å². The fraction of sp³-hybridized carbons (Fsp3) is 0.810. The summed E-state index contributed by atoms with van der Waals surface area (Å²) in [6, 6.07) is 0. The van der Waals surface area contributed by atoms with E-state index in [1.807, 2.05) is 4.90 Å². The molecular weight excluding hydrogens is 394 g/mol. The summed E-state index contributed by atoms with van der Waals surface area (Å²) in [7, 11) is 0. The second-order valence-electron chi connectivity index (χ2n) is 8.50. The number of hydrogen-bond acceptors (Lipinski definition) is 5. The van der Waals surface area contributed by atoms with Gasteiger partial charge in [0.2, 0.25) is 0 Å². The maximum atomic E-state index is 11.3. The van der Waals surface area contributed by atoms with E-state index >= 15 is 0 Å². The summed E-state index contributed by atoms with van der Waals surface area (Å²) in [6.45, 7) is 0.944. The van der Waals surface area contributed by atoms with E-state index in [4.69, 9.17) is 5.11 Å². The fourth-order valence-electron chi connectivity index (χ4n) is 4.32. The standard InChI is InChI=1S/C21H35NO8/c23-18(24)11-15-3-1-2-9-22(14-21(29)30)10-8-17(13-20(27)28)7-6-16(5-4-15)12-19(25)26/h15-17H,1-14H2,(H,23,24)(H,25,26)(H,27,28)(H,29,30). The molecule has 0 saturated carbocycles. The Morgan fingerprint density at radius 3 is 1.43 bits per heavy atom. The molecule has 1 fully saturated rings. The monoisotopic (exact) mass is 429 g/mol. The van der Waals surface area contributed by atoms with Crippen LogP contribution in [-0.4, -0.2) is 68.8 Å². The van der Waals surface area contributed by atoms with Crippen LogP contribution < -0.4 is 0 Å². The lowest BCUT2D eigenvalue weighted by Crippen LogP contribution is -2.33. The molecular formula is C21H35NO8. The van der Waals surface area contributed by atoms with Crippen molar-refractivity contribution in [3.63, 3.8) is 0 Å². The highest BCUT2D eigenvalue weighted by atomic mass is 16.4. The van der Waals surface area contributed by atoms with E-state index in [1.54, 1.807) is 0 Å². The maximum Gasteiger partial charge on any atom is 0.317 e.